The standard InChI is InChI=1S/C12H24N2O3S/c1-14(2)7-4-3-6-13-12(15)9-11-5-8-18(16,17)10-11/h11H,3-10H2,1-2H3,(H,13,15). The number of hydrogen-bond donors (Lipinski definition) is 1. The van der Waals surface area contributed by atoms with Gasteiger partial charge in [-0.3, -0.25) is 4.79 Å². The minimum absolute atomic E-state index is 0.0121. The van der Waals surface area contributed by atoms with E-state index in [-0.39, 0.29) is 23.3 Å². The first-order valence-corrected chi connectivity index (χ1v) is 8.33. The molecule has 0 aromatic rings. The molecule has 0 aliphatic carbocycles. The maximum atomic E-state index is 11.6. The average Bonchev–Trinajstić information content (AvgIpc) is 2.57. The molecule has 0 aromatic carbocycles. The van der Waals surface area contributed by atoms with Crippen LogP contribution in [0.2, 0.25) is 0 Å². The van der Waals surface area contributed by atoms with Crippen LogP contribution >= 0.6 is 0 Å². The van der Waals surface area contributed by atoms with Crippen LogP contribution in [-0.2, 0) is 14.6 Å². The predicted molar refractivity (Wildman–Crippen MR) is 72.2 cm³/mol. The molecule has 1 atom stereocenters. The Morgan fingerprint density at radius 2 is 2.06 bits per heavy atom. The number of carbonyl (C=O) groups excluding carboxylic acids is 1. The molecule has 18 heavy (non-hydrogen) atoms. The van der Waals surface area contributed by atoms with Crippen LogP contribution < -0.4 is 5.32 Å². The summed E-state index contributed by atoms with van der Waals surface area (Å²) >= 11 is 0. The van der Waals surface area contributed by atoms with Crippen molar-refractivity contribution in [1.82, 2.24) is 10.2 Å². The van der Waals surface area contributed by atoms with Gasteiger partial charge in [-0.2, -0.15) is 0 Å². The highest BCUT2D eigenvalue weighted by Gasteiger charge is 2.29. The topological polar surface area (TPSA) is 66.5 Å². The van der Waals surface area contributed by atoms with E-state index in [4.69, 9.17) is 0 Å². The molecule has 1 amide bonds. The highest BCUT2D eigenvalue weighted by Crippen LogP contribution is 2.21. The molecule has 1 fully saturated rings. The van der Waals surface area contributed by atoms with Crippen LogP contribution in [0.25, 0.3) is 0 Å². The fraction of sp³-hybridized carbons (Fsp3) is 0.917. The van der Waals surface area contributed by atoms with Gasteiger partial charge in [-0.05, 0) is 45.8 Å². The van der Waals surface area contributed by atoms with Gasteiger partial charge in [0, 0.05) is 13.0 Å². The average molecular weight is 276 g/mol. The van der Waals surface area contributed by atoms with Gasteiger partial charge in [0.25, 0.3) is 0 Å². The molecule has 1 aliphatic heterocycles. The SMILES string of the molecule is CN(C)CCCCNC(=O)CC1CCS(=O)(=O)C1. The number of nitrogens with one attached hydrogen (secondary N) is 1. The summed E-state index contributed by atoms with van der Waals surface area (Å²) in [5.41, 5.74) is 0. The third kappa shape index (κ3) is 6.35. The van der Waals surface area contributed by atoms with Gasteiger partial charge < -0.3 is 10.2 Å². The molecule has 0 aromatic heterocycles. The second-order valence-corrected chi connectivity index (χ2v) is 7.56. The monoisotopic (exact) mass is 276 g/mol. The summed E-state index contributed by atoms with van der Waals surface area (Å²) in [6, 6.07) is 0. The predicted octanol–water partition coefficient (Wildman–Crippen LogP) is 0.269. The van der Waals surface area contributed by atoms with Crippen LogP contribution in [0.4, 0.5) is 0 Å². The first kappa shape index (κ1) is 15.4. The lowest BCUT2D eigenvalue weighted by Crippen LogP contribution is -2.27. The Bertz CT molecular complexity index is 366. The molecule has 0 spiro atoms. The fourth-order valence-electron chi connectivity index (χ4n) is 2.15. The Labute approximate surface area is 110 Å². The number of sulfone groups is 1. The number of carbonyl (C=O) groups is 1. The fourth-order valence-corrected chi connectivity index (χ4v) is 4.01. The van der Waals surface area contributed by atoms with Gasteiger partial charge in [0.2, 0.25) is 5.91 Å². The third-order valence-corrected chi connectivity index (χ3v) is 4.99. The number of hydrogen-bond acceptors (Lipinski definition) is 4. The Kier molecular flexibility index (Phi) is 6.08. The summed E-state index contributed by atoms with van der Waals surface area (Å²) in [4.78, 5) is 13.7. The second-order valence-electron chi connectivity index (χ2n) is 5.33. The summed E-state index contributed by atoms with van der Waals surface area (Å²) in [5.74, 6) is 0.438. The Hall–Kier alpha value is -0.620. The Morgan fingerprint density at radius 3 is 2.61 bits per heavy atom. The van der Waals surface area contributed by atoms with Gasteiger partial charge in [0.1, 0.15) is 0 Å². The van der Waals surface area contributed by atoms with Crippen LogP contribution in [0, 0.1) is 5.92 Å². The van der Waals surface area contributed by atoms with Crippen LogP contribution in [0.1, 0.15) is 25.7 Å². The molecule has 0 saturated carbocycles. The van der Waals surface area contributed by atoms with E-state index in [0.29, 0.717) is 19.4 Å². The summed E-state index contributed by atoms with van der Waals surface area (Å²) < 4.78 is 22.5. The van der Waals surface area contributed by atoms with Crippen molar-refractivity contribution in [3.05, 3.63) is 0 Å². The maximum Gasteiger partial charge on any atom is 0.220 e. The highest BCUT2D eigenvalue weighted by molar-refractivity contribution is 7.91. The van der Waals surface area contributed by atoms with Crippen molar-refractivity contribution in [2.24, 2.45) is 5.92 Å². The lowest BCUT2D eigenvalue weighted by molar-refractivity contribution is -0.121. The van der Waals surface area contributed by atoms with Crippen LogP contribution in [0.5, 0.6) is 0 Å². The minimum Gasteiger partial charge on any atom is -0.356 e. The van der Waals surface area contributed by atoms with Gasteiger partial charge >= 0.3 is 0 Å². The van der Waals surface area contributed by atoms with Crippen molar-refractivity contribution in [2.45, 2.75) is 25.7 Å². The molecular weight excluding hydrogens is 252 g/mol. The van der Waals surface area contributed by atoms with Crippen molar-refractivity contribution >= 4 is 15.7 Å². The largest absolute Gasteiger partial charge is 0.356 e. The maximum absolute atomic E-state index is 11.6. The molecule has 1 unspecified atom stereocenters. The van der Waals surface area contributed by atoms with Gasteiger partial charge in [-0.25, -0.2) is 8.42 Å². The molecule has 1 heterocycles. The molecular formula is C12H24N2O3S. The van der Waals surface area contributed by atoms with E-state index in [9.17, 15) is 13.2 Å². The van der Waals surface area contributed by atoms with Crippen molar-refractivity contribution < 1.29 is 13.2 Å². The molecule has 1 N–H and O–H groups in total. The van der Waals surface area contributed by atoms with Crippen molar-refractivity contribution in [3.63, 3.8) is 0 Å². The Balaban J connectivity index is 2.08. The van der Waals surface area contributed by atoms with Crippen LogP contribution in [-0.4, -0.2) is 57.9 Å². The number of unbranched alkanes of at least 4 members (excludes halogenated alkanes) is 1. The van der Waals surface area contributed by atoms with Gasteiger partial charge in [0.15, 0.2) is 9.84 Å². The number of amides is 1. The van der Waals surface area contributed by atoms with Gasteiger partial charge in [-0.15, -0.1) is 0 Å². The molecule has 0 bridgehead atoms. The number of rotatable bonds is 7. The molecule has 1 aliphatic rings. The normalized spacial score (nSPS) is 22.3. The van der Waals surface area contributed by atoms with Crippen LogP contribution in [0.15, 0.2) is 0 Å². The zero-order valence-electron chi connectivity index (χ0n) is 11.3. The van der Waals surface area contributed by atoms with Crippen LogP contribution in [0.3, 0.4) is 0 Å². The molecule has 106 valence electrons. The summed E-state index contributed by atoms with van der Waals surface area (Å²) in [6.07, 6.45) is 3.02. The lowest BCUT2D eigenvalue weighted by Gasteiger charge is -2.10. The molecule has 5 nitrogen and oxygen atoms in total. The summed E-state index contributed by atoms with van der Waals surface area (Å²) in [5, 5.41) is 2.86. The first-order valence-electron chi connectivity index (χ1n) is 6.51. The van der Waals surface area contributed by atoms with E-state index in [1.807, 2.05) is 14.1 Å². The lowest BCUT2D eigenvalue weighted by atomic mass is 10.1. The van der Waals surface area contributed by atoms with Crippen molar-refractivity contribution in [2.75, 3.05) is 38.7 Å². The van der Waals surface area contributed by atoms with E-state index in [1.165, 1.54) is 0 Å². The molecule has 0 radical (unpaired) electrons. The zero-order valence-corrected chi connectivity index (χ0v) is 12.1. The molecule has 6 heteroatoms. The highest BCUT2D eigenvalue weighted by atomic mass is 32.2. The third-order valence-electron chi connectivity index (χ3n) is 3.16. The van der Waals surface area contributed by atoms with Crippen molar-refractivity contribution in [1.29, 1.82) is 0 Å². The van der Waals surface area contributed by atoms with E-state index >= 15 is 0 Å². The van der Waals surface area contributed by atoms with E-state index in [1.54, 1.807) is 0 Å². The molecule has 1 saturated heterocycles. The minimum atomic E-state index is -2.87. The smallest absolute Gasteiger partial charge is 0.220 e. The number of nitrogens with zero attached hydrogens (tertiary/aromatic N) is 1. The van der Waals surface area contributed by atoms with E-state index < -0.39 is 9.84 Å². The van der Waals surface area contributed by atoms with Crippen molar-refractivity contribution in [3.8, 4) is 0 Å². The van der Waals surface area contributed by atoms with Gasteiger partial charge in [-0.1, -0.05) is 0 Å². The van der Waals surface area contributed by atoms with E-state index in [0.717, 1.165) is 19.4 Å². The first-order chi connectivity index (χ1) is 8.39. The second kappa shape index (κ2) is 7.09. The quantitative estimate of drug-likeness (QED) is 0.678. The zero-order chi connectivity index (χ0) is 13.6. The Morgan fingerprint density at radius 1 is 1.33 bits per heavy atom. The summed E-state index contributed by atoms with van der Waals surface area (Å²) in [6.45, 7) is 1.71. The van der Waals surface area contributed by atoms with E-state index in [2.05, 4.69) is 10.2 Å². The van der Waals surface area contributed by atoms with Gasteiger partial charge in [0.05, 0.1) is 11.5 Å². The summed E-state index contributed by atoms with van der Waals surface area (Å²) in [7, 11) is 1.19. The molecule has 1 rings (SSSR count).